The highest BCUT2D eigenvalue weighted by molar-refractivity contribution is 6.33. The molecule has 0 atom stereocenters. The zero-order chi connectivity index (χ0) is 13.5. The Kier molecular flexibility index (Phi) is 3.11. The number of non-ortho nitro benzene ring substituents is 1. The van der Waals surface area contributed by atoms with Gasteiger partial charge in [0.05, 0.1) is 15.6 Å². The fourth-order valence-corrected chi connectivity index (χ4v) is 3.21. The standard InChI is InChI=1S/C13H16ClN3O2/c14-11-7-10(17(18)19)1-2-12(11)16-5-3-13(4-6-16)8-15-9-13/h1-2,7,15H,3-6,8-9H2. The van der Waals surface area contributed by atoms with Crippen LogP contribution in [0.3, 0.4) is 0 Å². The molecule has 1 N–H and O–H groups in total. The summed E-state index contributed by atoms with van der Waals surface area (Å²) in [6.07, 6.45) is 2.32. The highest BCUT2D eigenvalue weighted by atomic mass is 35.5. The zero-order valence-electron chi connectivity index (χ0n) is 10.6. The second kappa shape index (κ2) is 4.65. The summed E-state index contributed by atoms with van der Waals surface area (Å²) in [5, 5.41) is 14.5. The van der Waals surface area contributed by atoms with E-state index in [2.05, 4.69) is 10.2 Å². The normalized spacial score (nSPS) is 21.2. The second-order valence-electron chi connectivity index (χ2n) is 5.48. The van der Waals surface area contributed by atoms with Crippen molar-refractivity contribution in [3.8, 4) is 0 Å². The van der Waals surface area contributed by atoms with E-state index in [0.29, 0.717) is 10.4 Å². The molecule has 5 nitrogen and oxygen atoms in total. The molecule has 1 spiro atoms. The predicted molar refractivity (Wildman–Crippen MR) is 74.9 cm³/mol. The quantitative estimate of drug-likeness (QED) is 0.668. The number of nitro benzene ring substituents is 1. The first-order chi connectivity index (χ1) is 9.10. The van der Waals surface area contributed by atoms with Crippen LogP contribution in [-0.2, 0) is 0 Å². The van der Waals surface area contributed by atoms with Crippen molar-refractivity contribution in [2.45, 2.75) is 12.8 Å². The molecule has 0 radical (unpaired) electrons. The van der Waals surface area contributed by atoms with E-state index in [1.54, 1.807) is 6.07 Å². The molecule has 3 rings (SSSR count). The smallest absolute Gasteiger partial charge is 0.271 e. The molecule has 0 aromatic heterocycles. The number of benzene rings is 1. The van der Waals surface area contributed by atoms with E-state index < -0.39 is 4.92 Å². The summed E-state index contributed by atoms with van der Waals surface area (Å²) in [6, 6.07) is 4.72. The van der Waals surface area contributed by atoms with Crippen LogP contribution in [0, 0.1) is 15.5 Å². The lowest BCUT2D eigenvalue weighted by atomic mass is 9.73. The largest absolute Gasteiger partial charge is 0.370 e. The monoisotopic (exact) mass is 281 g/mol. The molecule has 1 aromatic carbocycles. The number of hydrogen-bond acceptors (Lipinski definition) is 4. The summed E-state index contributed by atoms with van der Waals surface area (Å²) in [4.78, 5) is 12.5. The molecule has 0 bridgehead atoms. The van der Waals surface area contributed by atoms with Gasteiger partial charge < -0.3 is 10.2 Å². The van der Waals surface area contributed by atoms with Gasteiger partial charge in [-0.15, -0.1) is 0 Å². The Balaban J connectivity index is 1.74. The molecule has 1 aromatic rings. The minimum Gasteiger partial charge on any atom is -0.370 e. The fourth-order valence-electron chi connectivity index (χ4n) is 2.92. The predicted octanol–water partition coefficient (Wildman–Crippen LogP) is 2.44. The van der Waals surface area contributed by atoms with Gasteiger partial charge in [-0.05, 0) is 24.3 Å². The molecule has 19 heavy (non-hydrogen) atoms. The summed E-state index contributed by atoms with van der Waals surface area (Å²) in [5.74, 6) is 0. The number of halogens is 1. The number of piperidine rings is 1. The highest BCUT2D eigenvalue weighted by Gasteiger charge is 2.39. The number of nitrogens with zero attached hydrogens (tertiary/aromatic N) is 2. The average molecular weight is 282 g/mol. The highest BCUT2D eigenvalue weighted by Crippen LogP contribution is 2.38. The van der Waals surface area contributed by atoms with Crippen LogP contribution in [0.25, 0.3) is 0 Å². The molecule has 102 valence electrons. The molecule has 0 saturated carbocycles. The van der Waals surface area contributed by atoms with Crippen LogP contribution in [-0.4, -0.2) is 31.1 Å². The summed E-state index contributed by atoms with van der Waals surface area (Å²) < 4.78 is 0. The van der Waals surface area contributed by atoms with Crippen molar-refractivity contribution >= 4 is 23.0 Å². The van der Waals surface area contributed by atoms with E-state index in [1.165, 1.54) is 12.1 Å². The third-order valence-electron chi connectivity index (χ3n) is 4.31. The Morgan fingerprint density at radius 1 is 1.32 bits per heavy atom. The Morgan fingerprint density at radius 3 is 2.47 bits per heavy atom. The molecule has 6 heteroatoms. The molecule has 2 saturated heterocycles. The fraction of sp³-hybridized carbons (Fsp3) is 0.538. The van der Waals surface area contributed by atoms with E-state index in [4.69, 9.17) is 11.6 Å². The Bertz CT molecular complexity index is 507. The van der Waals surface area contributed by atoms with E-state index in [9.17, 15) is 10.1 Å². The van der Waals surface area contributed by atoms with Crippen molar-refractivity contribution in [2.75, 3.05) is 31.1 Å². The summed E-state index contributed by atoms with van der Waals surface area (Å²) in [5.41, 5.74) is 1.45. The van der Waals surface area contributed by atoms with E-state index in [0.717, 1.165) is 44.7 Å². The van der Waals surface area contributed by atoms with Crippen LogP contribution < -0.4 is 10.2 Å². The third-order valence-corrected chi connectivity index (χ3v) is 4.61. The SMILES string of the molecule is O=[N+]([O-])c1ccc(N2CCC3(CC2)CNC3)c(Cl)c1. The molecule has 2 aliphatic rings. The van der Waals surface area contributed by atoms with Crippen LogP contribution >= 0.6 is 11.6 Å². The van der Waals surface area contributed by atoms with Crippen molar-refractivity contribution in [3.05, 3.63) is 33.3 Å². The third kappa shape index (κ3) is 2.28. The van der Waals surface area contributed by atoms with Gasteiger partial charge in [-0.2, -0.15) is 0 Å². The maximum atomic E-state index is 10.7. The maximum absolute atomic E-state index is 10.7. The molecular formula is C13H16ClN3O2. The van der Waals surface area contributed by atoms with Crippen LogP contribution in [0.4, 0.5) is 11.4 Å². The Morgan fingerprint density at radius 2 is 2.00 bits per heavy atom. The van der Waals surface area contributed by atoms with Gasteiger partial charge in [-0.1, -0.05) is 11.6 Å². The van der Waals surface area contributed by atoms with Gasteiger partial charge in [0, 0.05) is 38.3 Å². The molecular weight excluding hydrogens is 266 g/mol. The molecule has 2 aliphatic heterocycles. The zero-order valence-corrected chi connectivity index (χ0v) is 11.3. The topological polar surface area (TPSA) is 58.4 Å². The lowest BCUT2D eigenvalue weighted by Gasteiger charge is -2.49. The number of hydrogen-bond donors (Lipinski definition) is 1. The first-order valence-corrected chi connectivity index (χ1v) is 6.87. The Labute approximate surface area is 116 Å². The van der Waals surface area contributed by atoms with E-state index in [-0.39, 0.29) is 5.69 Å². The van der Waals surface area contributed by atoms with Gasteiger partial charge in [0.2, 0.25) is 0 Å². The molecule has 2 heterocycles. The van der Waals surface area contributed by atoms with Crippen molar-refractivity contribution in [1.82, 2.24) is 5.32 Å². The summed E-state index contributed by atoms with van der Waals surface area (Å²) >= 11 is 6.17. The van der Waals surface area contributed by atoms with E-state index in [1.807, 2.05) is 0 Å². The van der Waals surface area contributed by atoms with Crippen molar-refractivity contribution < 1.29 is 4.92 Å². The second-order valence-corrected chi connectivity index (χ2v) is 5.89. The van der Waals surface area contributed by atoms with Crippen LogP contribution in [0.15, 0.2) is 18.2 Å². The molecule has 2 fully saturated rings. The lowest BCUT2D eigenvalue weighted by molar-refractivity contribution is -0.384. The summed E-state index contributed by atoms with van der Waals surface area (Å²) in [7, 11) is 0. The average Bonchev–Trinajstić information content (AvgIpc) is 2.37. The van der Waals surface area contributed by atoms with Crippen LogP contribution in [0.5, 0.6) is 0 Å². The molecule has 0 amide bonds. The van der Waals surface area contributed by atoms with Crippen LogP contribution in [0.2, 0.25) is 5.02 Å². The number of nitro groups is 1. The first-order valence-electron chi connectivity index (χ1n) is 6.49. The lowest BCUT2D eigenvalue weighted by Crippen LogP contribution is -2.58. The maximum Gasteiger partial charge on any atom is 0.271 e. The van der Waals surface area contributed by atoms with Crippen molar-refractivity contribution in [2.24, 2.45) is 5.41 Å². The minimum absolute atomic E-state index is 0.0467. The van der Waals surface area contributed by atoms with Gasteiger partial charge in [0.15, 0.2) is 0 Å². The van der Waals surface area contributed by atoms with Gasteiger partial charge in [-0.25, -0.2) is 0 Å². The van der Waals surface area contributed by atoms with Crippen LogP contribution in [0.1, 0.15) is 12.8 Å². The molecule has 0 aliphatic carbocycles. The number of anilines is 1. The van der Waals surface area contributed by atoms with Crippen molar-refractivity contribution in [1.29, 1.82) is 0 Å². The van der Waals surface area contributed by atoms with Gasteiger partial charge in [0.1, 0.15) is 0 Å². The van der Waals surface area contributed by atoms with Gasteiger partial charge in [0.25, 0.3) is 5.69 Å². The number of nitrogens with one attached hydrogen (secondary N) is 1. The summed E-state index contributed by atoms with van der Waals surface area (Å²) in [6.45, 7) is 4.18. The first kappa shape index (κ1) is 12.7. The minimum atomic E-state index is -0.416. The number of rotatable bonds is 2. The van der Waals surface area contributed by atoms with Crippen molar-refractivity contribution in [3.63, 3.8) is 0 Å². The molecule has 0 unspecified atom stereocenters. The van der Waals surface area contributed by atoms with E-state index >= 15 is 0 Å². The van der Waals surface area contributed by atoms with Gasteiger partial charge >= 0.3 is 0 Å². The van der Waals surface area contributed by atoms with Gasteiger partial charge in [-0.3, -0.25) is 10.1 Å². The Hall–Kier alpha value is -1.33.